The highest BCUT2D eigenvalue weighted by Gasteiger charge is 2.36. The molecule has 2 saturated carbocycles. The lowest BCUT2D eigenvalue weighted by Gasteiger charge is -2.42. The Labute approximate surface area is 151 Å². The number of fused-ring (bicyclic) bond motifs is 1. The van der Waals surface area contributed by atoms with E-state index in [1.54, 1.807) is 0 Å². The molecule has 0 aromatic heterocycles. The van der Waals surface area contributed by atoms with E-state index in [4.69, 9.17) is 4.74 Å². The number of carbonyl (C=O) groups is 1. The van der Waals surface area contributed by atoms with Gasteiger partial charge in [-0.05, 0) is 74.1 Å². The first-order valence-electron chi connectivity index (χ1n) is 10.1. The molecule has 0 bridgehead atoms. The fourth-order valence-corrected chi connectivity index (χ4v) is 4.80. The number of hydrogen-bond acceptors (Lipinski definition) is 2. The van der Waals surface area contributed by atoms with E-state index in [-0.39, 0.29) is 17.9 Å². The second-order valence-electron chi connectivity index (χ2n) is 8.04. The summed E-state index contributed by atoms with van der Waals surface area (Å²) in [7, 11) is 0. The molecule has 0 heterocycles. The van der Waals surface area contributed by atoms with Crippen LogP contribution in [-0.4, -0.2) is 12.1 Å². The topological polar surface area (TPSA) is 26.3 Å². The second kappa shape index (κ2) is 8.82. The average Bonchev–Trinajstić information content (AvgIpc) is 2.62. The van der Waals surface area contributed by atoms with Crippen LogP contribution in [0.2, 0.25) is 0 Å². The molecule has 1 aromatic carbocycles. The number of rotatable bonds is 6. The van der Waals surface area contributed by atoms with Crippen LogP contribution in [0, 0.1) is 23.6 Å². The Balaban J connectivity index is 1.46. The number of benzene rings is 1. The van der Waals surface area contributed by atoms with Crippen molar-refractivity contribution in [1.82, 2.24) is 0 Å². The number of hydrogen-bond donors (Lipinski definition) is 0. The molecule has 25 heavy (non-hydrogen) atoms. The third-order valence-electron chi connectivity index (χ3n) is 6.24. The van der Waals surface area contributed by atoms with Crippen molar-refractivity contribution in [3.05, 3.63) is 35.6 Å². The van der Waals surface area contributed by atoms with Gasteiger partial charge in [0.2, 0.25) is 0 Å². The van der Waals surface area contributed by atoms with Gasteiger partial charge in [0.1, 0.15) is 11.9 Å². The molecule has 2 aliphatic carbocycles. The largest absolute Gasteiger partial charge is 0.459 e. The molecule has 0 N–H and O–H groups in total. The molecule has 0 radical (unpaired) electrons. The van der Waals surface area contributed by atoms with Gasteiger partial charge in [0, 0.05) is 0 Å². The molecule has 3 rings (SSSR count). The monoisotopic (exact) mass is 346 g/mol. The van der Waals surface area contributed by atoms with E-state index in [1.165, 1.54) is 75.6 Å². The third-order valence-corrected chi connectivity index (χ3v) is 6.24. The van der Waals surface area contributed by atoms with Gasteiger partial charge in [-0.25, -0.2) is 9.18 Å². The van der Waals surface area contributed by atoms with Crippen molar-refractivity contribution in [3.8, 4) is 0 Å². The van der Waals surface area contributed by atoms with Crippen LogP contribution in [0.1, 0.15) is 81.5 Å². The molecule has 2 fully saturated rings. The molecule has 4 atom stereocenters. The molecule has 3 heteroatoms. The predicted molar refractivity (Wildman–Crippen MR) is 97.9 cm³/mol. The minimum absolute atomic E-state index is 0.0374. The molecule has 138 valence electrons. The molecule has 0 aliphatic heterocycles. The normalized spacial score (nSPS) is 29.0. The van der Waals surface area contributed by atoms with Crippen LogP contribution in [0.4, 0.5) is 4.39 Å². The Morgan fingerprint density at radius 1 is 1.04 bits per heavy atom. The fourth-order valence-electron chi connectivity index (χ4n) is 4.80. The maximum atomic E-state index is 13.0. The molecule has 1 aromatic rings. The average molecular weight is 346 g/mol. The van der Waals surface area contributed by atoms with Gasteiger partial charge in [0.05, 0.1) is 5.56 Å². The molecule has 0 amide bonds. The Hall–Kier alpha value is -1.38. The molecule has 2 nitrogen and oxygen atoms in total. The van der Waals surface area contributed by atoms with Crippen LogP contribution in [-0.2, 0) is 4.74 Å². The van der Waals surface area contributed by atoms with Crippen LogP contribution in [0.3, 0.4) is 0 Å². The van der Waals surface area contributed by atoms with Gasteiger partial charge in [0.25, 0.3) is 0 Å². The van der Waals surface area contributed by atoms with E-state index in [1.807, 2.05) is 0 Å². The van der Waals surface area contributed by atoms with E-state index in [9.17, 15) is 9.18 Å². The maximum Gasteiger partial charge on any atom is 0.338 e. The number of unbranched alkanes of at least 4 members (excludes halogenated alkanes) is 2. The van der Waals surface area contributed by atoms with Gasteiger partial charge >= 0.3 is 5.97 Å². The minimum Gasteiger partial charge on any atom is -0.459 e. The van der Waals surface area contributed by atoms with Gasteiger partial charge in [-0.2, -0.15) is 0 Å². The zero-order valence-electron chi connectivity index (χ0n) is 15.4. The summed E-state index contributed by atoms with van der Waals surface area (Å²) in [5.41, 5.74) is 0.447. The van der Waals surface area contributed by atoms with Crippen LogP contribution in [0.5, 0.6) is 0 Å². The summed E-state index contributed by atoms with van der Waals surface area (Å²) in [5, 5.41) is 0. The lowest BCUT2D eigenvalue weighted by atomic mass is 9.66. The first-order chi connectivity index (χ1) is 12.2. The van der Waals surface area contributed by atoms with E-state index >= 15 is 0 Å². The maximum absolute atomic E-state index is 13.0. The highest BCUT2D eigenvalue weighted by Crippen LogP contribution is 2.44. The van der Waals surface area contributed by atoms with Crippen molar-refractivity contribution in [2.75, 3.05) is 0 Å². The molecular weight excluding hydrogens is 315 g/mol. The smallest absolute Gasteiger partial charge is 0.338 e. The number of carbonyl (C=O) groups excluding carboxylic acids is 1. The number of ether oxygens (including phenoxy) is 1. The molecule has 0 spiro atoms. The van der Waals surface area contributed by atoms with Crippen LogP contribution in [0.25, 0.3) is 0 Å². The summed E-state index contributed by atoms with van der Waals surface area (Å²) in [6.07, 6.45) is 12.7. The van der Waals surface area contributed by atoms with Crippen molar-refractivity contribution in [1.29, 1.82) is 0 Å². The zero-order valence-corrected chi connectivity index (χ0v) is 15.4. The number of esters is 1. The molecule has 0 unspecified atom stereocenters. The Morgan fingerprint density at radius 2 is 1.76 bits per heavy atom. The van der Waals surface area contributed by atoms with Gasteiger partial charge in [0.15, 0.2) is 0 Å². The van der Waals surface area contributed by atoms with Crippen molar-refractivity contribution in [2.24, 2.45) is 17.8 Å². The van der Waals surface area contributed by atoms with Gasteiger partial charge in [-0.15, -0.1) is 0 Å². The quantitative estimate of drug-likeness (QED) is 0.456. The predicted octanol–water partition coefficient (Wildman–Crippen LogP) is 6.15. The first-order valence-corrected chi connectivity index (χ1v) is 10.1. The highest BCUT2D eigenvalue weighted by atomic mass is 19.1. The third kappa shape index (κ3) is 5.05. The zero-order chi connectivity index (χ0) is 17.6. The van der Waals surface area contributed by atoms with E-state index < -0.39 is 0 Å². The lowest BCUT2D eigenvalue weighted by molar-refractivity contribution is -0.00628. The second-order valence-corrected chi connectivity index (χ2v) is 8.04. The Bertz CT molecular complexity index is 554. The van der Waals surface area contributed by atoms with Crippen molar-refractivity contribution in [3.63, 3.8) is 0 Å². The van der Waals surface area contributed by atoms with Gasteiger partial charge in [-0.1, -0.05) is 39.0 Å². The standard InChI is InChI=1S/C22H31FO2/c1-2-3-4-5-16-6-7-19-15-21(13-10-18(19)14-16)25-22(24)17-8-11-20(23)12-9-17/h8-9,11-12,16,18-19,21H,2-7,10,13-15H2,1H3/t16-,18-,19-,21-/m1/s1. The van der Waals surface area contributed by atoms with Crippen LogP contribution >= 0.6 is 0 Å². The summed E-state index contributed by atoms with van der Waals surface area (Å²) in [4.78, 5) is 12.2. The van der Waals surface area contributed by atoms with Gasteiger partial charge < -0.3 is 4.74 Å². The lowest BCUT2D eigenvalue weighted by Crippen LogP contribution is -2.35. The minimum atomic E-state index is -0.326. The van der Waals surface area contributed by atoms with Crippen molar-refractivity contribution < 1.29 is 13.9 Å². The van der Waals surface area contributed by atoms with E-state index in [0.717, 1.165) is 30.6 Å². The van der Waals surface area contributed by atoms with E-state index in [0.29, 0.717) is 5.56 Å². The van der Waals surface area contributed by atoms with Crippen molar-refractivity contribution >= 4 is 5.97 Å². The molecular formula is C22H31FO2. The highest BCUT2D eigenvalue weighted by molar-refractivity contribution is 5.89. The van der Waals surface area contributed by atoms with Crippen LogP contribution in [0.15, 0.2) is 24.3 Å². The Morgan fingerprint density at radius 3 is 2.52 bits per heavy atom. The molecule has 0 saturated heterocycles. The van der Waals surface area contributed by atoms with Crippen LogP contribution < -0.4 is 0 Å². The van der Waals surface area contributed by atoms with Gasteiger partial charge in [-0.3, -0.25) is 0 Å². The summed E-state index contributed by atoms with van der Waals surface area (Å²) >= 11 is 0. The first kappa shape index (κ1) is 18.4. The SMILES string of the molecule is CCCCC[C@@H]1CC[C@@H]2C[C@H](OC(=O)c3ccc(F)cc3)CC[C@@H]2C1. The van der Waals surface area contributed by atoms with Crippen molar-refractivity contribution in [2.45, 2.75) is 77.2 Å². The fraction of sp³-hybridized carbons (Fsp3) is 0.682. The summed E-state index contributed by atoms with van der Waals surface area (Å²) in [5.74, 6) is 1.85. The van der Waals surface area contributed by atoms with E-state index in [2.05, 4.69) is 6.92 Å². The summed E-state index contributed by atoms with van der Waals surface area (Å²) in [6.45, 7) is 2.27. The number of halogens is 1. The summed E-state index contributed by atoms with van der Waals surface area (Å²) < 4.78 is 18.7. The molecule has 2 aliphatic rings. The Kier molecular flexibility index (Phi) is 6.50. The summed E-state index contributed by atoms with van der Waals surface area (Å²) in [6, 6.07) is 5.64.